The summed E-state index contributed by atoms with van der Waals surface area (Å²) >= 11 is 7.28. The molecule has 4 nitrogen and oxygen atoms in total. The number of benzene rings is 1. The molecule has 0 saturated carbocycles. The fraction of sp³-hybridized carbons (Fsp3) is 0.333. The molecule has 0 bridgehead atoms. The van der Waals surface area contributed by atoms with Crippen molar-refractivity contribution in [1.82, 2.24) is 14.8 Å². The van der Waals surface area contributed by atoms with Crippen molar-refractivity contribution in [3.63, 3.8) is 0 Å². The lowest BCUT2D eigenvalue weighted by Crippen LogP contribution is -2.08. The molecule has 0 unspecified atom stereocenters. The number of rotatable bonds is 5. The van der Waals surface area contributed by atoms with Crippen LogP contribution in [0, 0.1) is 5.82 Å². The van der Waals surface area contributed by atoms with Crippen LogP contribution in [0.25, 0.3) is 0 Å². The quantitative estimate of drug-likeness (QED) is 0.863. The molecule has 0 aliphatic carbocycles. The Morgan fingerprint density at radius 3 is 2.89 bits per heavy atom. The maximum absolute atomic E-state index is 13.6. The zero-order chi connectivity index (χ0) is 13.8. The average Bonchev–Trinajstić information content (AvgIpc) is 2.81. The number of nitrogens with two attached hydrogens (primary N) is 1. The molecule has 0 radical (unpaired) electrons. The van der Waals surface area contributed by atoms with Crippen molar-refractivity contribution in [2.75, 3.05) is 0 Å². The third-order valence-electron chi connectivity index (χ3n) is 2.66. The minimum Gasteiger partial charge on any atom is -0.324 e. The summed E-state index contributed by atoms with van der Waals surface area (Å²) < 4.78 is 15.5. The molecule has 0 atom stereocenters. The number of aromatic nitrogens is 3. The number of nitrogens with zero attached hydrogens (tertiary/aromatic N) is 3. The molecular weight excluding hydrogens is 287 g/mol. The summed E-state index contributed by atoms with van der Waals surface area (Å²) in [6, 6.07) is 4.53. The molecule has 2 aromatic rings. The number of thioether (sulfide) groups is 1. The van der Waals surface area contributed by atoms with E-state index in [0.717, 1.165) is 17.5 Å². The van der Waals surface area contributed by atoms with E-state index in [4.69, 9.17) is 17.3 Å². The summed E-state index contributed by atoms with van der Waals surface area (Å²) in [5, 5.41) is 9.33. The van der Waals surface area contributed by atoms with Crippen molar-refractivity contribution < 1.29 is 4.39 Å². The van der Waals surface area contributed by atoms with Gasteiger partial charge in [0, 0.05) is 17.3 Å². The number of hydrogen-bond acceptors (Lipinski definition) is 4. The van der Waals surface area contributed by atoms with Crippen LogP contribution in [0.4, 0.5) is 4.39 Å². The van der Waals surface area contributed by atoms with Crippen LogP contribution in [0.5, 0.6) is 0 Å². The van der Waals surface area contributed by atoms with Crippen LogP contribution in [0.2, 0.25) is 5.02 Å². The molecular formula is C12H14ClFN4S. The van der Waals surface area contributed by atoms with Gasteiger partial charge in [0.1, 0.15) is 11.6 Å². The molecule has 102 valence electrons. The average molecular weight is 301 g/mol. The molecule has 7 heteroatoms. The van der Waals surface area contributed by atoms with E-state index < -0.39 is 0 Å². The number of hydrogen-bond donors (Lipinski definition) is 1. The SMILES string of the molecule is CCn1c(CN)nnc1SCc1cc(Cl)ccc1F. The van der Waals surface area contributed by atoms with E-state index >= 15 is 0 Å². The molecule has 0 spiro atoms. The second-order valence-electron chi connectivity index (χ2n) is 3.87. The molecule has 1 aromatic heterocycles. The highest BCUT2D eigenvalue weighted by Gasteiger charge is 2.11. The van der Waals surface area contributed by atoms with E-state index in [9.17, 15) is 4.39 Å². The monoisotopic (exact) mass is 300 g/mol. The van der Waals surface area contributed by atoms with Crippen molar-refractivity contribution in [3.05, 3.63) is 40.4 Å². The summed E-state index contributed by atoms with van der Waals surface area (Å²) in [6.45, 7) is 3.07. The van der Waals surface area contributed by atoms with Gasteiger partial charge in [0.25, 0.3) is 0 Å². The standard InChI is InChI=1S/C12H14ClFN4S/c1-2-18-11(6-15)16-17-12(18)19-7-8-5-9(13)3-4-10(8)14/h3-5H,2,6-7,15H2,1H3. The Balaban J connectivity index is 2.14. The molecule has 2 rings (SSSR count). The summed E-state index contributed by atoms with van der Waals surface area (Å²) in [4.78, 5) is 0. The molecule has 0 fully saturated rings. The Hall–Kier alpha value is -1.11. The Labute approximate surface area is 120 Å². The predicted molar refractivity (Wildman–Crippen MR) is 74.6 cm³/mol. The van der Waals surface area contributed by atoms with Crippen molar-refractivity contribution in [2.24, 2.45) is 5.73 Å². The van der Waals surface area contributed by atoms with Gasteiger partial charge in [-0.05, 0) is 30.7 Å². The van der Waals surface area contributed by atoms with Crippen LogP contribution < -0.4 is 5.73 Å². The summed E-state index contributed by atoms with van der Waals surface area (Å²) in [6.07, 6.45) is 0. The van der Waals surface area contributed by atoms with Crippen LogP contribution in [0.15, 0.2) is 23.4 Å². The van der Waals surface area contributed by atoms with E-state index in [-0.39, 0.29) is 5.82 Å². The summed E-state index contributed by atoms with van der Waals surface area (Å²) in [5.74, 6) is 0.921. The Morgan fingerprint density at radius 1 is 1.42 bits per heavy atom. The maximum atomic E-state index is 13.6. The largest absolute Gasteiger partial charge is 0.324 e. The molecule has 0 aliphatic rings. The molecule has 19 heavy (non-hydrogen) atoms. The van der Waals surface area contributed by atoms with Gasteiger partial charge in [-0.1, -0.05) is 23.4 Å². The second-order valence-corrected chi connectivity index (χ2v) is 5.25. The number of halogens is 2. The van der Waals surface area contributed by atoms with Crippen molar-refractivity contribution >= 4 is 23.4 Å². The van der Waals surface area contributed by atoms with Gasteiger partial charge in [-0.2, -0.15) is 0 Å². The van der Waals surface area contributed by atoms with Gasteiger partial charge < -0.3 is 10.3 Å². The van der Waals surface area contributed by atoms with Crippen LogP contribution in [0.1, 0.15) is 18.3 Å². The third-order valence-corrected chi connectivity index (χ3v) is 3.91. The van der Waals surface area contributed by atoms with Gasteiger partial charge in [0.15, 0.2) is 5.16 Å². The molecule has 1 aromatic carbocycles. The van der Waals surface area contributed by atoms with Gasteiger partial charge in [0.2, 0.25) is 0 Å². The highest BCUT2D eigenvalue weighted by atomic mass is 35.5. The first-order valence-corrected chi connectivity index (χ1v) is 7.21. The van der Waals surface area contributed by atoms with E-state index in [2.05, 4.69) is 10.2 Å². The minimum atomic E-state index is -0.265. The molecule has 1 heterocycles. The van der Waals surface area contributed by atoms with Crippen LogP contribution >= 0.6 is 23.4 Å². The van der Waals surface area contributed by atoms with Crippen molar-refractivity contribution in [3.8, 4) is 0 Å². The Morgan fingerprint density at radius 2 is 2.21 bits per heavy atom. The maximum Gasteiger partial charge on any atom is 0.191 e. The van der Waals surface area contributed by atoms with Crippen LogP contribution in [-0.4, -0.2) is 14.8 Å². The zero-order valence-electron chi connectivity index (χ0n) is 10.4. The van der Waals surface area contributed by atoms with E-state index in [1.165, 1.54) is 23.9 Å². The zero-order valence-corrected chi connectivity index (χ0v) is 12.0. The van der Waals surface area contributed by atoms with Gasteiger partial charge in [-0.3, -0.25) is 0 Å². The van der Waals surface area contributed by atoms with E-state index in [0.29, 0.717) is 22.9 Å². The first kappa shape index (κ1) is 14.3. The molecule has 0 aliphatic heterocycles. The van der Waals surface area contributed by atoms with Crippen molar-refractivity contribution in [2.45, 2.75) is 30.9 Å². The fourth-order valence-corrected chi connectivity index (χ4v) is 2.88. The first-order chi connectivity index (χ1) is 9.15. The molecule has 2 N–H and O–H groups in total. The smallest absolute Gasteiger partial charge is 0.191 e. The Kier molecular flexibility index (Phi) is 4.79. The topological polar surface area (TPSA) is 56.7 Å². The van der Waals surface area contributed by atoms with E-state index in [1.807, 2.05) is 11.5 Å². The van der Waals surface area contributed by atoms with Gasteiger partial charge >= 0.3 is 0 Å². The third kappa shape index (κ3) is 3.26. The highest BCUT2D eigenvalue weighted by molar-refractivity contribution is 7.98. The lowest BCUT2D eigenvalue weighted by atomic mass is 10.2. The normalized spacial score (nSPS) is 10.9. The summed E-state index contributed by atoms with van der Waals surface area (Å²) in [5.41, 5.74) is 6.13. The lowest BCUT2D eigenvalue weighted by molar-refractivity contribution is 0.616. The Bertz CT molecular complexity index is 573. The predicted octanol–water partition coefficient (Wildman–Crippen LogP) is 2.84. The van der Waals surface area contributed by atoms with Gasteiger partial charge in [-0.15, -0.1) is 10.2 Å². The first-order valence-electron chi connectivity index (χ1n) is 5.84. The lowest BCUT2D eigenvalue weighted by Gasteiger charge is -2.06. The van der Waals surface area contributed by atoms with Crippen LogP contribution in [0.3, 0.4) is 0 Å². The second kappa shape index (κ2) is 6.36. The highest BCUT2D eigenvalue weighted by Crippen LogP contribution is 2.25. The molecule has 0 amide bonds. The minimum absolute atomic E-state index is 0.265. The van der Waals surface area contributed by atoms with Crippen LogP contribution in [-0.2, 0) is 18.8 Å². The van der Waals surface area contributed by atoms with Gasteiger partial charge in [0.05, 0.1) is 6.54 Å². The molecule has 0 saturated heterocycles. The van der Waals surface area contributed by atoms with Crippen molar-refractivity contribution in [1.29, 1.82) is 0 Å². The fourth-order valence-electron chi connectivity index (χ4n) is 1.69. The summed E-state index contributed by atoms with van der Waals surface area (Å²) in [7, 11) is 0. The van der Waals surface area contributed by atoms with Gasteiger partial charge in [-0.25, -0.2) is 4.39 Å². The van der Waals surface area contributed by atoms with E-state index in [1.54, 1.807) is 6.07 Å².